The van der Waals surface area contributed by atoms with Crippen molar-refractivity contribution in [3.63, 3.8) is 0 Å². The summed E-state index contributed by atoms with van der Waals surface area (Å²) < 4.78 is 77.5. The number of esters is 1. The van der Waals surface area contributed by atoms with E-state index in [1.165, 1.54) is 17.7 Å². The normalized spacial score (nSPS) is 21.5. The predicted octanol–water partition coefficient (Wildman–Crippen LogP) is 3.55. The van der Waals surface area contributed by atoms with Gasteiger partial charge in [0.05, 0.1) is 12.2 Å². The van der Waals surface area contributed by atoms with E-state index >= 15 is 0 Å². The summed E-state index contributed by atoms with van der Waals surface area (Å²) in [5, 5.41) is 9.81. The Balaban J connectivity index is 1.29. The monoisotopic (exact) mass is 700 g/mol. The average Bonchev–Trinajstić information content (AvgIpc) is 3.57. The molecule has 0 radical (unpaired) electrons. The van der Waals surface area contributed by atoms with Crippen molar-refractivity contribution in [3.05, 3.63) is 78.6 Å². The van der Waals surface area contributed by atoms with Crippen LogP contribution in [0.4, 0.5) is 17.6 Å². The van der Waals surface area contributed by atoms with E-state index in [2.05, 4.69) is 9.07 Å². The first-order valence-electron chi connectivity index (χ1n) is 13.6. The molecule has 42 heavy (non-hydrogen) atoms. The Kier molecular flexibility index (Phi) is 8.71. The van der Waals surface area contributed by atoms with E-state index in [1.54, 1.807) is 20.8 Å². The molecule has 0 spiro atoms. The molecule has 3 unspecified atom stereocenters. The molecule has 1 aromatic heterocycles. The summed E-state index contributed by atoms with van der Waals surface area (Å²) in [4.78, 5) is 16.2. The van der Waals surface area contributed by atoms with E-state index in [4.69, 9.17) is 14.2 Å². The minimum absolute atomic E-state index is 0.0102. The Bertz CT molecular complexity index is 1460. The number of fused-ring (bicyclic) bond motifs is 3. The molecule has 3 aliphatic rings. The first-order chi connectivity index (χ1) is 19.9. The van der Waals surface area contributed by atoms with Crippen molar-refractivity contribution in [2.45, 2.75) is 52.0 Å². The molecule has 0 saturated heterocycles. The zero-order chi connectivity index (χ0) is 30.2. The first-order valence-corrected chi connectivity index (χ1v) is 16.1. The van der Waals surface area contributed by atoms with Crippen LogP contribution in [0.25, 0.3) is 11.1 Å². The molecule has 2 saturated carbocycles. The predicted molar refractivity (Wildman–Crippen MR) is 142 cm³/mol. The fourth-order valence-electron chi connectivity index (χ4n) is 5.32. The van der Waals surface area contributed by atoms with Crippen molar-refractivity contribution >= 4 is 5.97 Å². The van der Waals surface area contributed by atoms with Crippen LogP contribution in [0, 0.1) is 23.6 Å². The molecule has 2 heterocycles. The molecule has 3 atom stereocenters. The van der Waals surface area contributed by atoms with Crippen LogP contribution in [0.1, 0.15) is 44.7 Å². The third kappa shape index (κ3) is 6.82. The molecule has 0 bridgehead atoms. The maximum absolute atomic E-state index is 14.8. The van der Waals surface area contributed by atoms with Crippen LogP contribution >= 0.6 is 0 Å². The summed E-state index contributed by atoms with van der Waals surface area (Å²) in [6, 6.07) is 4.55. The Hall–Kier alpha value is -2.93. The number of hydrogen-bond acceptors (Lipinski definition) is 6. The zero-order valence-electron chi connectivity index (χ0n) is 23.3. The maximum atomic E-state index is 14.8. The quantitative estimate of drug-likeness (QED) is 0.232. The van der Waals surface area contributed by atoms with Gasteiger partial charge in [-0.15, -0.1) is 0 Å². The number of nitrogens with zero attached hydrogens (tertiary/aromatic N) is 1. The topological polar surface area (TPSA) is 77.9 Å². The molecule has 226 valence electrons. The third-order valence-corrected chi connectivity index (χ3v) is 9.48. The number of aliphatic hydroxyl groups is 1. The number of alkyl halides is 3. The second-order valence-corrected chi connectivity index (χ2v) is 13.1. The molecule has 1 aromatic carbocycles. The van der Waals surface area contributed by atoms with Gasteiger partial charge in [-0.25, -0.2) is 0 Å². The summed E-state index contributed by atoms with van der Waals surface area (Å²) >= 11 is -0.507. The molecule has 11 heteroatoms. The fourth-order valence-corrected chi connectivity index (χ4v) is 7.42. The average molecular weight is 700 g/mol. The standard InChI is InChI=1S/C31H31F4INO5/c1-4-40-29(38)28-21-11-18-10-20(13-36-14-22(18)27(21)28)42-16-19-9-17(5-6-25(19)32)23-15-37-26(12-24(23)31(33,34)35)41-8-7-30(2,3)39/h5-6,9-10,12-15,21,27-28,39H,4,7-8,11,16H2,1-3H3/q-1. The Morgan fingerprint density at radius 3 is 2.67 bits per heavy atom. The van der Waals surface area contributed by atoms with Gasteiger partial charge in [0.25, 0.3) is 0 Å². The molecular formula is C31H31F4INO5-. The molecule has 1 N–H and O–H groups in total. The summed E-state index contributed by atoms with van der Waals surface area (Å²) in [7, 11) is 0. The summed E-state index contributed by atoms with van der Waals surface area (Å²) in [5.41, 5.74) is 0.321. The van der Waals surface area contributed by atoms with Gasteiger partial charge < -0.3 is 5.11 Å². The molecule has 1 aliphatic heterocycles. The molecule has 2 fully saturated rings. The number of carbonyl (C=O) groups excluding carboxylic acids is 1. The number of pyridine rings is 1. The Labute approximate surface area is 251 Å². The number of allylic oxidation sites excluding steroid dienone is 3. The van der Waals surface area contributed by atoms with Crippen LogP contribution in [-0.2, 0) is 27.1 Å². The van der Waals surface area contributed by atoms with Crippen molar-refractivity contribution in [3.8, 4) is 17.0 Å². The SMILES string of the molecule is CCOC(=O)C1C2CC3=CC(OCc4cc(-c5cnc(OCCC(C)(C)O)cc5C(F)(F)F)ccc4F)=C[I-]C=C3C21. The summed E-state index contributed by atoms with van der Waals surface area (Å²) in [6.45, 7) is 5.12. The number of carbonyl (C=O) groups is 1. The van der Waals surface area contributed by atoms with Crippen LogP contribution in [0.3, 0.4) is 0 Å². The molecule has 5 rings (SSSR count). The molecular weight excluding hydrogens is 669 g/mol. The van der Waals surface area contributed by atoms with E-state index in [1.807, 2.05) is 10.2 Å². The van der Waals surface area contributed by atoms with Crippen molar-refractivity contribution in [1.82, 2.24) is 4.98 Å². The number of benzene rings is 1. The van der Waals surface area contributed by atoms with E-state index in [-0.39, 0.29) is 65.9 Å². The summed E-state index contributed by atoms with van der Waals surface area (Å²) in [5.74, 6) is -0.0219. The van der Waals surface area contributed by atoms with E-state index in [9.17, 15) is 27.5 Å². The number of ether oxygens (including phenoxy) is 3. The zero-order valence-corrected chi connectivity index (χ0v) is 25.5. The van der Waals surface area contributed by atoms with E-state index in [0.29, 0.717) is 12.4 Å². The van der Waals surface area contributed by atoms with Crippen molar-refractivity contribution in [2.75, 3.05) is 13.2 Å². The van der Waals surface area contributed by atoms with Gasteiger partial charge in [0.15, 0.2) is 0 Å². The fraction of sp³-hybridized carbons (Fsp3) is 0.419. The Morgan fingerprint density at radius 1 is 1.17 bits per heavy atom. The molecule has 0 amide bonds. The Morgan fingerprint density at radius 2 is 1.95 bits per heavy atom. The van der Waals surface area contributed by atoms with Gasteiger partial charge in [-0.1, -0.05) is 0 Å². The van der Waals surface area contributed by atoms with Gasteiger partial charge in [0.1, 0.15) is 0 Å². The molecule has 6 nitrogen and oxygen atoms in total. The van der Waals surface area contributed by atoms with Gasteiger partial charge >= 0.3 is 215 Å². The molecule has 2 aromatic rings. The van der Waals surface area contributed by atoms with Gasteiger partial charge in [0, 0.05) is 6.42 Å². The number of hydrogen-bond donors (Lipinski definition) is 1. The first kappa shape index (κ1) is 30.5. The van der Waals surface area contributed by atoms with Crippen molar-refractivity contribution < 1.29 is 62.9 Å². The van der Waals surface area contributed by atoms with E-state index < -0.39 is 44.4 Å². The number of halogens is 5. The number of rotatable bonds is 10. The van der Waals surface area contributed by atoms with E-state index in [0.717, 1.165) is 30.3 Å². The van der Waals surface area contributed by atoms with Crippen LogP contribution in [-0.4, -0.2) is 34.9 Å². The van der Waals surface area contributed by atoms with Crippen LogP contribution in [0.15, 0.2) is 61.6 Å². The van der Waals surface area contributed by atoms with Crippen molar-refractivity contribution in [1.29, 1.82) is 0 Å². The summed E-state index contributed by atoms with van der Waals surface area (Å²) in [6.07, 6.45) is -0.764. The third-order valence-electron chi connectivity index (χ3n) is 7.48. The van der Waals surface area contributed by atoms with Crippen LogP contribution < -0.4 is 25.9 Å². The van der Waals surface area contributed by atoms with Gasteiger partial charge in [0.2, 0.25) is 0 Å². The van der Waals surface area contributed by atoms with Crippen LogP contribution in [0.2, 0.25) is 0 Å². The van der Waals surface area contributed by atoms with Crippen LogP contribution in [0.5, 0.6) is 5.88 Å². The second kappa shape index (κ2) is 12.0. The van der Waals surface area contributed by atoms with Gasteiger partial charge in [-0.3, -0.25) is 0 Å². The van der Waals surface area contributed by atoms with Crippen molar-refractivity contribution in [2.24, 2.45) is 17.8 Å². The second-order valence-electron chi connectivity index (χ2n) is 11.1. The van der Waals surface area contributed by atoms with Gasteiger partial charge in [-0.2, -0.15) is 0 Å². The minimum atomic E-state index is -4.71. The molecule has 2 aliphatic carbocycles. The number of aromatic nitrogens is 1. The van der Waals surface area contributed by atoms with Gasteiger partial charge in [-0.05, 0) is 13.8 Å².